The molecule has 0 radical (unpaired) electrons. The number of ether oxygens (including phenoxy) is 1. The van der Waals surface area contributed by atoms with Crippen LogP contribution in [-0.4, -0.2) is 11.2 Å². The number of benzene rings is 3. The van der Waals surface area contributed by atoms with Crippen LogP contribution >= 0.6 is 27.3 Å². The lowest BCUT2D eigenvalue weighted by molar-refractivity contribution is 0.476. The predicted molar refractivity (Wildman–Crippen MR) is 140 cm³/mol. The largest absolute Gasteiger partial charge is 0.431 e. The van der Waals surface area contributed by atoms with Gasteiger partial charge in [0.15, 0.2) is 5.82 Å². The first-order valence-corrected chi connectivity index (χ1v) is 12.7. The summed E-state index contributed by atoms with van der Waals surface area (Å²) in [5.74, 6) is 0.0470. The number of aliphatic imine (C=N–C) groups is 1. The molecule has 0 bridgehead atoms. The monoisotopic (exact) mass is 548 g/mol. The van der Waals surface area contributed by atoms with Crippen LogP contribution in [-0.2, 0) is 11.8 Å². The summed E-state index contributed by atoms with van der Waals surface area (Å²) in [6.45, 7) is 0. The molecule has 5 aromatic rings. The van der Waals surface area contributed by atoms with Gasteiger partial charge in [-0.3, -0.25) is 4.99 Å². The quantitative estimate of drug-likeness (QED) is 0.120. The Balaban J connectivity index is 1.48. The second-order valence-corrected chi connectivity index (χ2v) is 9.05. The van der Waals surface area contributed by atoms with Gasteiger partial charge < -0.3 is 9.15 Å². The van der Waals surface area contributed by atoms with Crippen LogP contribution in [0.25, 0.3) is 11.0 Å². The van der Waals surface area contributed by atoms with Crippen LogP contribution in [0.5, 0.6) is 10.9 Å². The van der Waals surface area contributed by atoms with Crippen molar-refractivity contribution in [2.45, 2.75) is 11.8 Å². The molecule has 0 spiro atoms. The molecule has 3 aromatic carbocycles. The molecule has 5 nitrogen and oxygen atoms in total. The normalized spacial score (nSPS) is 11.4. The summed E-state index contributed by atoms with van der Waals surface area (Å²) in [4.78, 5) is 21.4. The molecular weight excluding hydrogens is 531 g/mol. The van der Waals surface area contributed by atoms with Gasteiger partial charge in [-0.05, 0) is 34.9 Å². The molecular formula is C27H18BrFN2O3S. The highest BCUT2D eigenvalue weighted by Gasteiger charge is 2.18. The highest BCUT2D eigenvalue weighted by Crippen LogP contribution is 2.31. The van der Waals surface area contributed by atoms with Crippen molar-refractivity contribution in [3.63, 3.8) is 0 Å². The number of halogens is 2. The van der Waals surface area contributed by atoms with Crippen molar-refractivity contribution in [1.29, 1.82) is 0 Å². The summed E-state index contributed by atoms with van der Waals surface area (Å²) < 4.78 is 26.6. The molecule has 174 valence electrons. The van der Waals surface area contributed by atoms with E-state index < -0.39 is 11.4 Å². The van der Waals surface area contributed by atoms with Crippen molar-refractivity contribution in [2.75, 3.05) is 0 Å². The lowest BCUT2D eigenvalue weighted by Crippen LogP contribution is -2.12. The van der Waals surface area contributed by atoms with Crippen molar-refractivity contribution < 1.29 is 13.5 Å². The third kappa shape index (κ3) is 5.08. The van der Waals surface area contributed by atoms with Crippen LogP contribution in [0.1, 0.15) is 22.3 Å². The van der Waals surface area contributed by atoms with Crippen molar-refractivity contribution >= 4 is 50.1 Å². The van der Waals surface area contributed by atoms with Crippen molar-refractivity contribution in [1.82, 2.24) is 4.98 Å². The Bertz CT molecular complexity index is 1570. The number of rotatable bonds is 7. The fourth-order valence-electron chi connectivity index (χ4n) is 3.72. The lowest BCUT2D eigenvalue weighted by Gasteiger charge is -2.11. The molecule has 5 rings (SSSR count). The molecule has 2 heterocycles. The van der Waals surface area contributed by atoms with E-state index in [2.05, 4.69) is 25.9 Å². The van der Waals surface area contributed by atoms with Gasteiger partial charge in [-0.1, -0.05) is 69.7 Å². The summed E-state index contributed by atoms with van der Waals surface area (Å²) in [6, 6.07) is 19.7. The number of thiazole rings is 1. The SMILES string of the molecule is O=c1oc2cc(Oc3nccs3)ccc2c(CBr)c1Cc1cccc(/N=C\c2ccccc2)c1F. The minimum atomic E-state index is -0.518. The van der Waals surface area contributed by atoms with E-state index in [0.29, 0.717) is 33.0 Å². The average molecular weight is 549 g/mol. The Morgan fingerprint density at radius 3 is 2.71 bits per heavy atom. The predicted octanol–water partition coefficient (Wildman–Crippen LogP) is 7.42. The average Bonchev–Trinajstić information content (AvgIpc) is 3.38. The van der Waals surface area contributed by atoms with E-state index in [4.69, 9.17) is 9.15 Å². The fourth-order valence-corrected chi connectivity index (χ4v) is 4.86. The zero-order valence-corrected chi connectivity index (χ0v) is 20.7. The Kier molecular flexibility index (Phi) is 6.83. The third-order valence-corrected chi connectivity index (χ3v) is 6.63. The van der Waals surface area contributed by atoms with Crippen LogP contribution in [0.3, 0.4) is 0 Å². The van der Waals surface area contributed by atoms with Crippen LogP contribution in [0.2, 0.25) is 0 Å². The molecule has 0 saturated carbocycles. The molecule has 0 amide bonds. The van der Waals surface area contributed by atoms with E-state index in [1.54, 1.807) is 42.7 Å². The lowest BCUT2D eigenvalue weighted by atomic mass is 9.99. The Morgan fingerprint density at radius 2 is 1.94 bits per heavy atom. The maximum absolute atomic E-state index is 15.3. The summed E-state index contributed by atoms with van der Waals surface area (Å²) in [5, 5.41) is 3.47. The van der Waals surface area contributed by atoms with Crippen LogP contribution < -0.4 is 10.4 Å². The second kappa shape index (κ2) is 10.3. The van der Waals surface area contributed by atoms with Gasteiger partial charge in [0.05, 0.1) is 5.69 Å². The van der Waals surface area contributed by atoms with E-state index in [9.17, 15) is 4.79 Å². The standard InChI is InChI=1S/C27H18BrFN2O3S/c28-15-22-20-10-9-19(33-27-30-11-12-35-27)14-24(20)34-26(32)21(22)13-18-7-4-8-23(25(18)29)31-16-17-5-2-1-3-6-17/h1-12,14,16H,13,15H2/b31-16-. The first-order chi connectivity index (χ1) is 17.1. The molecule has 0 atom stereocenters. The van der Waals surface area contributed by atoms with Gasteiger partial charge in [-0.2, -0.15) is 0 Å². The van der Waals surface area contributed by atoms with E-state index in [0.717, 1.165) is 16.5 Å². The van der Waals surface area contributed by atoms with Gasteiger partial charge in [-0.15, -0.1) is 0 Å². The van der Waals surface area contributed by atoms with E-state index in [1.807, 2.05) is 41.8 Å². The molecule has 0 unspecified atom stereocenters. The Morgan fingerprint density at radius 1 is 1.09 bits per heavy atom. The van der Waals surface area contributed by atoms with Crippen molar-refractivity contribution in [3.05, 3.63) is 117 Å². The van der Waals surface area contributed by atoms with Crippen LogP contribution in [0.4, 0.5) is 10.1 Å². The van der Waals surface area contributed by atoms with E-state index in [-0.39, 0.29) is 12.1 Å². The smallest absolute Gasteiger partial charge is 0.340 e. The van der Waals surface area contributed by atoms with Crippen LogP contribution in [0.15, 0.2) is 92.5 Å². The van der Waals surface area contributed by atoms with Gasteiger partial charge in [0.1, 0.15) is 11.3 Å². The fraction of sp³-hybridized carbons (Fsp3) is 0.0741. The molecule has 8 heteroatoms. The number of nitrogens with zero attached hydrogens (tertiary/aromatic N) is 2. The molecule has 0 saturated heterocycles. The number of fused-ring (bicyclic) bond motifs is 1. The van der Waals surface area contributed by atoms with Crippen LogP contribution in [0, 0.1) is 5.82 Å². The van der Waals surface area contributed by atoms with Gasteiger partial charge >= 0.3 is 5.63 Å². The van der Waals surface area contributed by atoms with Gasteiger partial charge in [-0.25, -0.2) is 14.2 Å². The molecule has 35 heavy (non-hydrogen) atoms. The van der Waals surface area contributed by atoms with Crippen molar-refractivity contribution in [2.24, 2.45) is 4.99 Å². The summed E-state index contributed by atoms with van der Waals surface area (Å²) in [5.41, 5.74) is 2.46. The first-order valence-electron chi connectivity index (χ1n) is 10.7. The maximum atomic E-state index is 15.3. The number of hydrogen-bond donors (Lipinski definition) is 0. The minimum Gasteiger partial charge on any atom is -0.431 e. The number of hydrogen-bond acceptors (Lipinski definition) is 6. The Hall–Kier alpha value is -3.62. The van der Waals surface area contributed by atoms with Crippen molar-refractivity contribution in [3.8, 4) is 10.9 Å². The van der Waals surface area contributed by atoms with Gasteiger partial charge in [0, 0.05) is 46.6 Å². The maximum Gasteiger partial charge on any atom is 0.340 e. The van der Waals surface area contributed by atoms with E-state index >= 15 is 4.39 Å². The number of aromatic nitrogens is 1. The third-order valence-electron chi connectivity index (χ3n) is 5.42. The summed E-state index contributed by atoms with van der Waals surface area (Å²) in [6.07, 6.45) is 3.34. The second-order valence-electron chi connectivity index (χ2n) is 7.63. The molecule has 0 aliphatic carbocycles. The molecule has 0 N–H and O–H groups in total. The minimum absolute atomic E-state index is 0.0805. The molecule has 0 fully saturated rings. The zero-order chi connectivity index (χ0) is 24.2. The molecule has 0 aliphatic heterocycles. The highest BCUT2D eigenvalue weighted by molar-refractivity contribution is 9.08. The highest BCUT2D eigenvalue weighted by atomic mass is 79.9. The number of alkyl halides is 1. The first kappa shape index (κ1) is 23.1. The topological polar surface area (TPSA) is 64.7 Å². The van der Waals surface area contributed by atoms with E-state index in [1.165, 1.54) is 11.3 Å². The summed E-state index contributed by atoms with van der Waals surface area (Å²) >= 11 is 4.85. The molecule has 0 aliphatic rings. The summed E-state index contributed by atoms with van der Waals surface area (Å²) in [7, 11) is 0. The van der Waals surface area contributed by atoms with Gasteiger partial charge in [0.25, 0.3) is 5.19 Å². The molecule has 2 aromatic heterocycles. The Labute approximate surface area is 212 Å². The van der Waals surface area contributed by atoms with Gasteiger partial charge in [0.2, 0.25) is 0 Å². The zero-order valence-electron chi connectivity index (χ0n) is 18.3.